The summed E-state index contributed by atoms with van der Waals surface area (Å²) in [6.07, 6.45) is 0.941. The number of amides is 1. The molecule has 3 aromatic carbocycles. The molecular weight excluding hydrogens is 478 g/mol. The molecule has 2 aliphatic rings. The van der Waals surface area contributed by atoms with Gasteiger partial charge in [0.15, 0.2) is 5.78 Å². The van der Waals surface area contributed by atoms with Crippen LogP contribution in [0.4, 0.5) is 17.1 Å². The zero-order chi connectivity index (χ0) is 25.4. The summed E-state index contributed by atoms with van der Waals surface area (Å²) in [5, 5.41) is 15.4. The van der Waals surface area contributed by atoms with Crippen LogP contribution < -0.4 is 10.2 Å². The highest BCUT2D eigenvalue weighted by molar-refractivity contribution is 6.30. The van der Waals surface area contributed by atoms with Gasteiger partial charge in [-0.2, -0.15) is 0 Å². The molecule has 5 rings (SSSR count). The molecule has 0 fully saturated rings. The summed E-state index contributed by atoms with van der Waals surface area (Å²) < 4.78 is 0. The monoisotopic (exact) mass is 501 g/mol. The smallest absolute Gasteiger partial charge is 0.269 e. The molecule has 0 spiro atoms. The van der Waals surface area contributed by atoms with Crippen molar-refractivity contribution in [2.24, 2.45) is 0 Å². The van der Waals surface area contributed by atoms with Gasteiger partial charge in [-0.3, -0.25) is 24.6 Å². The number of nitro benzene ring substituents is 1. The van der Waals surface area contributed by atoms with E-state index < -0.39 is 11.0 Å². The molecular formula is C28H24ClN3O4. The number of hydrogen-bond acceptors (Lipinski definition) is 5. The Hall–Kier alpha value is -3.97. The van der Waals surface area contributed by atoms with Crippen LogP contribution in [0.1, 0.15) is 49.3 Å². The van der Waals surface area contributed by atoms with Crippen LogP contribution in [-0.2, 0) is 9.59 Å². The van der Waals surface area contributed by atoms with E-state index in [2.05, 4.69) is 5.32 Å². The number of benzene rings is 3. The number of allylic oxidation sites excluding steroid dienone is 1. The van der Waals surface area contributed by atoms with Gasteiger partial charge in [0.05, 0.1) is 22.3 Å². The number of para-hydroxylation sites is 2. The maximum absolute atomic E-state index is 13.8. The van der Waals surface area contributed by atoms with Gasteiger partial charge in [0, 0.05) is 41.3 Å². The second-order valence-corrected chi connectivity index (χ2v) is 9.42. The minimum Gasteiger partial charge on any atom is -0.357 e. The molecule has 3 aromatic rings. The lowest BCUT2D eigenvalue weighted by atomic mass is 9.78. The molecule has 0 radical (unpaired) electrons. The van der Waals surface area contributed by atoms with E-state index in [4.69, 9.17) is 11.6 Å². The van der Waals surface area contributed by atoms with Crippen LogP contribution >= 0.6 is 11.6 Å². The molecule has 2 atom stereocenters. The van der Waals surface area contributed by atoms with Gasteiger partial charge in [0.2, 0.25) is 5.91 Å². The molecule has 0 saturated heterocycles. The lowest BCUT2D eigenvalue weighted by Gasteiger charge is -2.35. The predicted octanol–water partition coefficient (Wildman–Crippen LogP) is 6.56. The van der Waals surface area contributed by atoms with E-state index in [0.717, 1.165) is 22.5 Å². The Morgan fingerprint density at radius 2 is 1.81 bits per heavy atom. The minimum atomic E-state index is -0.626. The number of carbonyl (C=O) groups excluding carboxylic acids is 2. The zero-order valence-corrected chi connectivity index (χ0v) is 20.4. The lowest BCUT2D eigenvalue weighted by molar-refractivity contribution is -0.384. The summed E-state index contributed by atoms with van der Waals surface area (Å²) in [6.45, 7) is 1.80. The first kappa shape index (κ1) is 23.8. The standard InChI is InChI=1S/C28H24ClN3O4/c1-2-26(34)31-24-9-4-3-8-22(24)30-23-15-19(18-6-5-7-21(14-18)32(35)36)16-25(33)27(23)28(31)17-10-12-20(29)13-11-17/h3-14,19,28,30H,2,15-16H2,1H3/t19-,28+/m0/s1. The SMILES string of the molecule is CCC(=O)N1c2ccccc2NC2=C(C(=O)C[C@@H](c3cccc([N+](=O)[O-])c3)C2)[C@H]1c1ccc(Cl)cc1. The van der Waals surface area contributed by atoms with Crippen molar-refractivity contribution in [1.29, 1.82) is 0 Å². The van der Waals surface area contributed by atoms with E-state index in [9.17, 15) is 19.7 Å². The Kier molecular flexibility index (Phi) is 6.33. The quantitative estimate of drug-likeness (QED) is 0.323. The van der Waals surface area contributed by atoms with Crippen molar-refractivity contribution in [2.45, 2.75) is 38.1 Å². The Labute approximate surface area is 213 Å². The van der Waals surface area contributed by atoms with Crippen molar-refractivity contribution in [2.75, 3.05) is 10.2 Å². The molecule has 0 bridgehead atoms. The summed E-state index contributed by atoms with van der Waals surface area (Å²) in [5.74, 6) is -0.427. The van der Waals surface area contributed by atoms with Gasteiger partial charge in [0.1, 0.15) is 0 Å². The number of nitrogens with one attached hydrogen (secondary N) is 1. The van der Waals surface area contributed by atoms with E-state index in [-0.39, 0.29) is 36.1 Å². The molecule has 1 N–H and O–H groups in total. The third-order valence-electron chi connectivity index (χ3n) is 6.80. The number of anilines is 2. The number of nitro groups is 1. The summed E-state index contributed by atoms with van der Waals surface area (Å²) in [6, 6.07) is 20.6. The average molecular weight is 502 g/mol. The Balaban J connectivity index is 1.68. The second-order valence-electron chi connectivity index (χ2n) is 8.99. The molecule has 8 heteroatoms. The first-order valence-electron chi connectivity index (χ1n) is 11.8. The van der Waals surface area contributed by atoms with E-state index in [1.165, 1.54) is 12.1 Å². The van der Waals surface area contributed by atoms with E-state index in [1.807, 2.05) is 42.5 Å². The molecule has 36 heavy (non-hydrogen) atoms. The number of non-ortho nitro benzene ring substituents is 1. The summed E-state index contributed by atoms with van der Waals surface area (Å²) in [4.78, 5) is 39.8. The van der Waals surface area contributed by atoms with Crippen LogP contribution in [0.25, 0.3) is 0 Å². The Morgan fingerprint density at radius 1 is 1.06 bits per heavy atom. The van der Waals surface area contributed by atoms with E-state index in [0.29, 0.717) is 22.7 Å². The molecule has 1 heterocycles. The van der Waals surface area contributed by atoms with Crippen molar-refractivity contribution in [3.63, 3.8) is 0 Å². The fourth-order valence-corrected chi connectivity index (χ4v) is 5.25. The van der Waals surface area contributed by atoms with E-state index >= 15 is 0 Å². The Bertz CT molecular complexity index is 1400. The van der Waals surface area contributed by atoms with Crippen LogP contribution in [0.15, 0.2) is 84.1 Å². The number of hydrogen-bond donors (Lipinski definition) is 1. The first-order chi connectivity index (χ1) is 17.4. The minimum absolute atomic E-state index is 0.00217. The van der Waals surface area contributed by atoms with Crippen LogP contribution in [-0.4, -0.2) is 16.6 Å². The number of halogens is 1. The summed E-state index contributed by atoms with van der Waals surface area (Å²) in [7, 11) is 0. The number of fused-ring (bicyclic) bond motifs is 1. The van der Waals surface area contributed by atoms with Crippen molar-refractivity contribution in [3.05, 3.63) is 110 Å². The van der Waals surface area contributed by atoms with Gasteiger partial charge >= 0.3 is 0 Å². The average Bonchev–Trinajstić information content (AvgIpc) is 3.03. The topological polar surface area (TPSA) is 92.6 Å². The van der Waals surface area contributed by atoms with Crippen molar-refractivity contribution in [3.8, 4) is 0 Å². The van der Waals surface area contributed by atoms with Crippen LogP contribution in [0.3, 0.4) is 0 Å². The fourth-order valence-electron chi connectivity index (χ4n) is 5.12. The molecule has 0 unspecified atom stereocenters. The van der Waals surface area contributed by atoms with Gasteiger partial charge in [0.25, 0.3) is 5.69 Å². The summed E-state index contributed by atoms with van der Waals surface area (Å²) >= 11 is 6.16. The normalized spacial score (nSPS) is 19.2. The molecule has 7 nitrogen and oxygen atoms in total. The fraction of sp³-hybridized carbons (Fsp3) is 0.214. The lowest BCUT2D eigenvalue weighted by Crippen LogP contribution is -2.38. The van der Waals surface area contributed by atoms with Gasteiger partial charge in [-0.25, -0.2) is 0 Å². The van der Waals surface area contributed by atoms with Crippen LogP contribution in [0.5, 0.6) is 0 Å². The molecule has 1 aliphatic heterocycles. The van der Waals surface area contributed by atoms with Crippen LogP contribution in [0.2, 0.25) is 5.02 Å². The third-order valence-corrected chi connectivity index (χ3v) is 7.05. The first-order valence-corrected chi connectivity index (χ1v) is 12.2. The highest BCUT2D eigenvalue weighted by Crippen LogP contribution is 2.47. The van der Waals surface area contributed by atoms with Gasteiger partial charge < -0.3 is 5.32 Å². The van der Waals surface area contributed by atoms with Crippen molar-refractivity contribution >= 4 is 40.4 Å². The number of rotatable bonds is 4. The van der Waals surface area contributed by atoms with Crippen molar-refractivity contribution in [1.82, 2.24) is 0 Å². The van der Waals surface area contributed by atoms with Gasteiger partial charge in [-0.05, 0) is 47.7 Å². The maximum Gasteiger partial charge on any atom is 0.269 e. The van der Waals surface area contributed by atoms with Crippen LogP contribution in [0, 0.1) is 10.1 Å². The molecule has 182 valence electrons. The van der Waals surface area contributed by atoms with Gasteiger partial charge in [-0.15, -0.1) is 0 Å². The maximum atomic E-state index is 13.8. The summed E-state index contributed by atoms with van der Waals surface area (Å²) in [5.41, 5.74) is 4.22. The Morgan fingerprint density at radius 3 is 2.53 bits per heavy atom. The molecule has 1 amide bonds. The number of nitrogens with zero attached hydrogens (tertiary/aromatic N) is 2. The molecule has 0 saturated carbocycles. The largest absolute Gasteiger partial charge is 0.357 e. The number of carbonyl (C=O) groups is 2. The molecule has 1 aliphatic carbocycles. The van der Waals surface area contributed by atoms with Gasteiger partial charge in [-0.1, -0.05) is 54.9 Å². The molecule has 0 aromatic heterocycles. The predicted molar refractivity (Wildman–Crippen MR) is 139 cm³/mol. The number of ketones is 1. The van der Waals surface area contributed by atoms with E-state index in [1.54, 1.807) is 30.0 Å². The number of Topliss-reactive ketones (excluding diaryl/α,β-unsaturated/α-hetero) is 1. The van der Waals surface area contributed by atoms with Crippen molar-refractivity contribution < 1.29 is 14.5 Å². The highest BCUT2D eigenvalue weighted by Gasteiger charge is 2.41. The third kappa shape index (κ3) is 4.27. The zero-order valence-electron chi connectivity index (χ0n) is 19.6. The highest BCUT2D eigenvalue weighted by atomic mass is 35.5. The second kappa shape index (κ2) is 9.59.